The Bertz CT molecular complexity index is 1380. The minimum atomic E-state index is -2.35. The predicted molar refractivity (Wildman–Crippen MR) is 136 cm³/mol. The van der Waals surface area contributed by atoms with Gasteiger partial charge in [-0.15, -0.1) is 0 Å². The van der Waals surface area contributed by atoms with Crippen LogP contribution in [0.4, 0.5) is 0 Å². The van der Waals surface area contributed by atoms with Gasteiger partial charge in [-0.25, -0.2) is 14.4 Å². The Morgan fingerprint density at radius 2 is 1.13 bits per heavy atom. The smallest absolute Gasteiger partial charge is 0.349 e. The summed E-state index contributed by atoms with van der Waals surface area (Å²) in [5, 5.41) is 10.0. The SMILES string of the molecule is O=C(NNC(=O)[C@@H](OC(=O)c1ccccc1Cl)[C@@H](OC(=O)c1ccccc1Cl)C(=O)O)c1ccc(Cl)cc1. The van der Waals surface area contributed by atoms with Gasteiger partial charge >= 0.3 is 17.9 Å². The Kier molecular flexibility index (Phi) is 9.66. The number of amides is 2. The number of ether oxygens (including phenoxy) is 2. The number of hydrogen-bond acceptors (Lipinski definition) is 7. The molecule has 0 spiro atoms. The average Bonchev–Trinajstić information content (AvgIpc) is 2.89. The van der Waals surface area contributed by atoms with Crippen molar-refractivity contribution < 1.29 is 38.6 Å². The molecule has 0 fully saturated rings. The Morgan fingerprint density at radius 3 is 1.61 bits per heavy atom. The number of aliphatic carboxylic acids is 1. The van der Waals surface area contributed by atoms with Crippen molar-refractivity contribution in [2.75, 3.05) is 0 Å². The number of nitrogens with one attached hydrogen (secondary N) is 2. The monoisotopic (exact) mass is 578 g/mol. The van der Waals surface area contributed by atoms with Gasteiger partial charge in [-0.2, -0.15) is 0 Å². The maximum absolute atomic E-state index is 13.0. The zero-order chi connectivity index (χ0) is 27.8. The van der Waals surface area contributed by atoms with Gasteiger partial charge in [0.15, 0.2) is 0 Å². The van der Waals surface area contributed by atoms with Crippen LogP contribution in [0.2, 0.25) is 15.1 Å². The van der Waals surface area contributed by atoms with Gasteiger partial charge in [-0.05, 0) is 48.5 Å². The lowest BCUT2D eigenvalue weighted by atomic mass is 10.1. The second-order valence-electron chi connectivity index (χ2n) is 7.40. The number of halogens is 3. The largest absolute Gasteiger partial charge is 0.478 e. The van der Waals surface area contributed by atoms with E-state index in [9.17, 15) is 29.1 Å². The van der Waals surface area contributed by atoms with E-state index in [0.29, 0.717) is 5.02 Å². The first kappa shape index (κ1) is 28.5. The van der Waals surface area contributed by atoms with Crippen molar-refractivity contribution in [1.82, 2.24) is 10.9 Å². The first-order valence-electron chi connectivity index (χ1n) is 10.6. The van der Waals surface area contributed by atoms with E-state index in [1.165, 1.54) is 72.8 Å². The third-order valence-electron chi connectivity index (χ3n) is 4.84. The maximum Gasteiger partial charge on any atom is 0.349 e. The van der Waals surface area contributed by atoms with Gasteiger partial charge in [0.05, 0.1) is 21.2 Å². The molecular formula is C25H17Cl3N2O8. The summed E-state index contributed by atoms with van der Waals surface area (Å²) in [6.45, 7) is 0. The summed E-state index contributed by atoms with van der Waals surface area (Å²) in [7, 11) is 0. The molecule has 0 saturated heterocycles. The Labute approximate surface area is 230 Å². The number of hydrogen-bond donors (Lipinski definition) is 3. The highest BCUT2D eigenvalue weighted by atomic mass is 35.5. The summed E-state index contributed by atoms with van der Waals surface area (Å²) < 4.78 is 10.1. The third-order valence-corrected chi connectivity index (χ3v) is 5.75. The number of benzene rings is 3. The molecule has 13 heteroatoms. The van der Waals surface area contributed by atoms with Crippen molar-refractivity contribution in [3.05, 3.63) is 105 Å². The topological polar surface area (TPSA) is 148 Å². The fraction of sp³-hybridized carbons (Fsp3) is 0.0800. The minimum absolute atomic E-state index is 0.0485. The summed E-state index contributed by atoms with van der Waals surface area (Å²) in [6, 6.07) is 16.8. The van der Waals surface area contributed by atoms with Crippen LogP contribution in [0.3, 0.4) is 0 Å². The molecule has 3 aromatic rings. The van der Waals surface area contributed by atoms with Crippen molar-refractivity contribution >= 4 is 64.5 Å². The molecule has 3 aromatic carbocycles. The van der Waals surface area contributed by atoms with E-state index < -0.39 is 41.9 Å². The van der Waals surface area contributed by atoms with Gasteiger partial charge in [0.1, 0.15) is 0 Å². The second kappa shape index (κ2) is 12.9. The van der Waals surface area contributed by atoms with Crippen LogP contribution in [-0.4, -0.2) is 47.0 Å². The summed E-state index contributed by atoms with van der Waals surface area (Å²) in [4.78, 5) is 62.8. The number of carbonyl (C=O) groups is 5. The van der Waals surface area contributed by atoms with Crippen LogP contribution in [0.15, 0.2) is 72.8 Å². The van der Waals surface area contributed by atoms with Crippen molar-refractivity contribution in [3.8, 4) is 0 Å². The van der Waals surface area contributed by atoms with Crippen LogP contribution in [0.5, 0.6) is 0 Å². The van der Waals surface area contributed by atoms with E-state index in [1.54, 1.807) is 0 Å². The molecule has 0 aliphatic heterocycles. The third kappa shape index (κ3) is 7.22. The van der Waals surface area contributed by atoms with Gasteiger partial charge in [-0.1, -0.05) is 59.1 Å². The first-order valence-corrected chi connectivity index (χ1v) is 11.7. The highest BCUT2D eigenvalue weighted by Crippen LogP contribution is 2.21. The van der Waals surface area contributed by atoms with Crippen molar-refractivity contribution in [2.45, 2.75) is 12.2 Å². The number of hydrazine groups is 1. The van der Waals surface area contributed by atoms with E-state index in [4.69, 9.17) is 44.3 Å². The van der Waals surface area contributed by atoms with E-state index in [1.807, 2.05) is 5.43 Å². The van der Waals surface area contributed by atoms with Gasteiger partial charge < -0.3 is 14.6 Å². The fourth-order valence-electron chi connectivity index (χ4n) is 2.97. The van der Waals surface area contributed by atoms with Crippen molar-refractivity contribution in [1.29, 1.82) is 0 Å². The molecule has 196 valence electrons. The van der Waals surface area contributed by atoms with E-state index >= 15 is 0 Å². The lowest BCUT2D eigenvalue weighted by Gasteiger charge is -2.24. The summed E-state index contributed by atoms with van der Waals surface area (Å²) in [5.41, 5.74) is 3.72. The highest BCUT2D eigenvalue weighted by Gasteiger charge is 2.41. The van der Waals surface area contributed by atoms with Crippen LogP contribution in [0.25, 0.3) is 0 Å². The van der Waals surface area contributed by atoms with Crippen molar-refractivity contribution in [3.63, 3.8) is 0 Å². The molecule has 38 heavy (non-hydrogen) atoms. The van der Waals surface area contributed by atoms with Gasteiger partial charge in [-0.3, -0.25) is 20.4 Å². The standard InChI is InChI=1S/C25H17Cl3N2O8/c26-14-11-9-13(10-12-14)21(31)29-30-22(32)19(37-24(35)15-5-1-3-7-17(15)27)20(23(33)34)38-25(36)16-6-2-4-8-18(16)28/h1-12,19-20H,(H,29,31)(H,30,32)(H,33,34)/t19-,20+/m0/s1. The molecule has 0 aliphatic rings. The molecule has 2 atom stereocenters. The normalized spacial score (nSPS) is 12.0. The Morgan fingerprint density at radius 1 is 0.658 bits per heavy atom. The average molecular weight is 580 g/mol. The summed E-state index contributed by atoms with van der Waals surface area (Å²) in [6.07, 6.45) is -4.62. The van der Waals surface area contributed by atoms with Gasteiger partial charge in [0.25, 0.3) is 11.8 Å². The molecule has 3 N–H and O–H groups in total. The molecule has 0 aromatic heterocycles. The number of rotatable bonds is 8. The molecule has 0 aliphatic carbocycles. The molecule has 0 unspecified atom stereocenters. The quantitative estimate of drug-likeness (QED) is 0.268. The molecule has 10 nitrogen and oxygen atoms in total. The van der Waals surface area contributed by atoms with E-state index in [0.717, 1.165) is 0 Å². The molecule has 0 saturated carbocycles. The van der Waals surface area contributed by atoms with Crippen LogP contribution in [-0.2, 0) is 19.1 Å². The minimum Gasteiger partial charge on any atom is -0.478 e. The molecule has 0 heterocycles. The molecule has 0 bridgehead atoms. The van der Waals surface area contributed by atoms with Crippen LogP contribution in [0, 0.1) is 0 Å². The number of esters is 2. The molecule has 2 amide bonds. The number of carboxylic acids is 1. The first-order chi connectivity index (χ1) is 18.1. The highest BCUT2D eigenvalue weighted by molar-refractivity contribution is 6.34. The summed E-state index contributed by atoms with van der Waals surface area (Å²) >= 11 is 17.8. The zero-order valence-electron chi connectivity index (χ0n) is 19.0. The summed E-state index contributed by atoms with van der Waals surface area (Å²) in [5.74, 6) is -6.36. The molecular weight excluding hydrogens is 563 g/mol. The number of carbonyl (C=O) groups excluding carboxylic acids is 4. The molecule has 0 radical (unpaired) electrons. The van der Waals surface area contributed by atoms with E-state index in [-0.39, 0.29) is 26.7 Å². The van der Waals surface area contributed by atoms with Crippen LogP contribution < -0.4 is 10.9 Å². The van der Waals surface area contributed by atoms with Gasteiger partial charge in [0, 0.05) is 10.6 Å². The van der Waals surface area contributed by atoms with E-state index in [2.05, 4.69) is 5.43 Å². The second-order valence-corrected chi connectivity index (χ2v) is 8.65. The predicted octanol–water partition coefficient (Wildman–Crippen LogP) is 3.94. The Hall–Kier alpha value is -4.12. The van der Waals surface area contributed by atoms with Crippen LogP contribution in [0.1, 0.15) is 31.1 Å². The van der Waals surface area contributed by atoms with Crippen molar-refractivity contribution in [2.24, 2.45) is 0 Å². The number of carboxylic acid groups (broad SMARTS) is 1. The lowest BCUT2D eigenvalue weighted by molar-refractivity contribution is -0.159. The van der Waals surface area contributed by atoms with Crippen LogP contribution >= 0.6 is 34.8 Å². The zero-order valence-corrected chi connectivity index (χ0v) is 21.3. The lowest BCUT2D eigenvalue weighted by Crippen LogP contribution is -2.54. The Balaban J connectivity index is 1.87. The maximum atomic E-state index is 13.0. The molecule has 3 rings (SSSR count). The fourth-order valence-corrected chi connectivity index (χ4v) is 3.52. The van der Waals surface area contributed by atoms with Gasteiger partial charge in [0.2, 0.25) is 12.2 Å².